The summed E-state index contributed by atoms with van der Waals surface area (Å²) in [5.74, 6) is -0.819. The highest BCUT2D eigenvalue weighted by Gasteiger charge is 2.11. The van der Waals surface area contributed by atoms with E-state index in [9.17, 15) is 14.4 Å². The average Bonchev–Trinajstić information content (AvgIpc) is 2.61. The minimum atomic E-state index is -0.364. The van der Waals surface area contributed by atoms with Crippen LogP contribution in [-0.2, 0) is 4.79 Å². The van der Waals surface area contributed by atoms with Gasteiger partial charge in [-0.05, 0) is 55.3 Å². The molecule has 0 aliphatic heterocycles. The number of benzene rings is 2. The number of nitrogens with one attached hydrogen (secondary N) is 2. The Morgan fingerprint density at radius 1 is 0.923 bits per heavy atom. The fourth-order valence-corrected chi connectivity index (χ4v) is 2.34. The molecule has 0 unspecified atom stereocenters. The van der Waals surface area contributed by atoms with Gasteiger partial charge in [-0.1, -0.05) is 12.1 Å². The largest absolute Gasteiger partial charge is 0.345 e. The molecule has 0 atom stereocenters. The molecule has 2 rings (SSSR count). The summed E-state index contributed by atoms with van der Waals surface area (Å²) in [5, 5.41) is 5.27. The number of anilines is 1. The minimum Gasteiger partial charge on any atom is -0.345 e. The quantitative estimate of drug-likeness (QED) is 0.866. The number of aryl methyl sites for hydroxylation is 2. The molecule has 0 saturated heterocycles. The minimum absolute atomic E-state index is 0.149. The standard InChI is InChI=1S/C20H23N3O3/c1-13-8-9-15(10-14(13)2)19(25)21-12-18(24)22-17-7-5-6-16(11-17)20(26)23(3)4/h5-11H,12H2,1-4H3,(H,21,25)(H,22,24). The fraction of sp³-hybridized carbons (Fsp3) is 0.250. The zero-order chi connectivity index (χ0) is 19.3. The van der Waals surface area contributed by atoms with E-state index in [4.69, 9.17) is 0 Å². The SMILES string of the molecule is Cc1ccc(C(=O)NCC(=O)Nc2cccc(C(=O)N(C)C)c2)cc1C. The van der Waals surface area contributed by atoms with Gasteiger partial charge in [0.1, 0.15) is 0 Å². The van der Waals surface area contributed by atoms with Crippen molar-refractivity contribution >= 4 is 23.4 Å². The van der Waals surface area contributed by atoms with E-state index in [0.29, 0.717) is 16.8 Å². The average molecular weight is 353 g/mol. The van der Waals surface area contributed by atoms with Gasteiger partial charge < -0.3 is 15.5 Å². The molecule has 0 saturated carbocycles. The third kappa shape index (κ3) is 4.92. The summed E-state index contributed by atoms with van der Waals surface area (Å²) in [6, 6.07) is 12.1. The number of carbonyl (C=O) groups excluding carboxylic acids is 3. The van der Waals surface area contributed by atoms with Gasteiger partial charge in [0.15, 0.2) is 0 Å². The molecule has 6 heteroatoms. The van der Waals surface area contributed by atoms with E-state index in [1.54, 1.807) is 50.5 Å². The molecule has 2 aromatic rings. The van der Waals surface area contributed by atoms with Crippen LogP contribution in [0.2, 0.25) is 0 Å². The summed E-state index contributed by atoms with van der Waals surface area (Å²) in [7, 11) is 3.33. The first-order valence-corrected chi connectivity index (χ1v) is 8.25. The van der Waals surface area contributed by atoms with Gasteiger partial charge >= 0.3 is 0 Å². The molecule has 6 nitrogen and oxygen atoms in total. The summed E-state index contributed by atoms with van der Waals surface area (Å²) in [6.07, 6.45) is 0. The first-order chi connectivity index (χ1) is 12.3. The Labute approximate surface area is 153 Å². The van der Waals surface area contributed by atoms with Gasteiger partial charge in [0.2, 0.25) is 5.91 Å². The van der Waals surface area contributed by atoms with Crippen molar-refractivity contribution < 1.29 is 14.4 Å². The number of amides is 3. The second-order valence-electron chi connectivity index (χ2n) is 6.31. The molecule has 0 aromatic heterocycles. The van der Waals surface area contributed by atoms with Crippen molar-refractivity contribution in [3.63, 3.8) is 0 Å². The molecule has 2 aromatic carbocycles. The Balaban J connectivity index is 1.94. The molecule has 0 heterocycles. The van der Waals surface area contributed by atoms with Crippen LogP contribution < -0.4 is 10.6 Å². The Bertz CT molecular complexity index is 844. The third-order valence-corrected chi connectivity index (χ3v) is 3.98. The lowest BCUT2D eigenvalue weighted by atomic mass is 10.1. The summed E-state index contributed by atoms with van der Waals surface area (Å²) < 4.78 is 0. The first-order valence-electron chi connectivity index (χ1n) is 8.25. The molecule has 136 valence electrons. The van der Waals surface area contributed by atoms with E-state index < -0.39 is 0 Å². The van der Waals surface area contributed by atoms with Crippen molar-refractivity contribution in [2.75, 3.05) is 26.0 Å². The van der Waals surface area contributed by atoms with Crippen LogP contribution in [0.5, 0.6) is 0 Å². The monoisotopic (exact) mass is 353 g/mol. The normalized spacial score (nSPS) is 10.2. The van der Waals surface area contributed by atoms with E-state index >= 15 is 0 Å². The van der Waals surface area contributed by atoms with Crippen LogP contribution in [0.4, 0.5) is 5.69 Å². The van der Waals surface area contributed by atoms with Crippen LogP contribution in [0.15, 0.2) is 42.5 Å². The second kappa shape index (κ2) is 8.29. The second-order valence-corrected chi connectivity index (χ2v) is 6.31. The molecule has 2 N–H and O–H groups in total. The van der Waals surface area contributed by atoms with Gasteiger partial charge in [0, 0.05) is 30.9 Å². The summed E-state index contributed by atoms with van der Waals surface area (Å²) in [5.41, 5.74) is 3.62. The number of hydrogen-bond acceptors (Lipinski definition) is 3. The highest BCUT2D eigenvalue weighted by Crippen LogP contribution is 2.12. The molecular formula is C20H23N3O3. The molecule has 26 heavy (non-hydrogen) atoms. The molecule has 0 aliphatic rings. The Kier molecular flexibility index (Phi) is 6.11. The van der Waals surface area contributed by atoms with Gasteiger partial charge in [0.25, 0.3) is 11.8 Å². The van der Waals surface area contributed by atoms with E-state index in [1.807, 2.05) is 19.9 Å². The maximum atomic E-state index is 12.1. The van der Waals surface area contributed by atoms with Crippen LogP contribution in [0.1, 0.15) is 31.8 Å². The van der Waals surface area contributed by atoms with Crippen molar-refractivity contribution in [1.29, 1.82) is 0 Å². The molecule has 0 bridgehead atoms. The highest BCUT2D eigenvalue weighted by atomic mass is 16.2. The van der Waals surface area contributed by atoms with Crippen molar-refractivity contribution in [3.05, 3.63) is 64.7 Å². The van der Waals surface area contributed by atoms with Crippen LogP contribution >= 0.6 is 0 Å². The van der Waals surface area contributed by atoms with E-state index in [2.05, 4.69) is 10.6 Å². The van der Waals surface area contributed by atoms with Gasteiger partial charge in [-0.15, -0.1) is 0 Å². The molecule has 0 spiro atoms. The summed E-state index contributed by atoms with van der Waals surface area (Å²) in [6.45, 7) is 3.75. The predicted octanol–water partition coefficient (Wildman–Crippen LogP) is 2.37. The van der Waals surface area contributed by atoms with Gasteiger partial charge in [-0.3, -0.25) is 14.4 Å². The zero-order valence-corrected chi connectivity index (χ0v) is 15.4. The molecule has 0 radical (unpaired) electrons. The lowest BCUT2D eigenvalue weighted by Crippen LogP contribution is -2.33. The topological polar surface area (TPSA) is 78.5 Å². The van der Waals surface area contributed by atoms with Crippen molar-refractivity contribution in [2.24, 2.45) is 0 Å². The smallest absolute Gasteiger partial charge is 0.253 e. The Hall–Kier alpha value is -3.15. The number of nitrogens with zero attached hydrogens (tertiary/aromatic N) is 1. The predicted molar refractivity (Wildman–Crippen MR) is 101 cm³/mol. The van der Waals surface area contributed by atoms with Gasteiger partial charge in [-0.25, -0.2) is 0 Å². The van der Waals surface area contributed by atoms with E-state index in [0.717, 1.165) is 11.1 Å². The van der Waals surface area contributed by atoms with Gasteiger partial charge in [0.05, 0.1) is 6.54 Å². The summed E-state index contributed by atoms with van der Waals surface area (Å²) in [4.78, 5) is 37.6. The number of carbonyl (C=O) groups is 3. The maximum Gasteiger partial charge on any atom is 0.253 e. The van der Waals surface area contributed by atoms with E-state index in [1.165, 1.54) is 4.90 Å². The lowest BCUT2D eigenvalue weighted by Gasteiger charge is -2.12. The van der Waals surface area contributed by atoms with Crippen LogP contribution in [0, 0.1) is 13.8 Å². The van der Waals surface area contributed by atoms with Crippen molar-refractivity contribution in [1.82, 2.24) is 10.2 Å². The number of rotatable bonds is 5. The number of hydrogen-bond donors (Lipinski definition) is 2. The van der Waals surface area contributed by atoms with Crippen molar-refractivity contribution in [2.45, 2.75) is 13.8 Å². The molecule has 0 fully saturated rings. The third-order valence-electron chi connectivity index (χ3n) is 3.98. The highest BCUT2D eigenvalue weighted by molar-refractivity contribution is 6.00. The maximum absolute atomic E-state index is 12.1. The van der Waals surface area contributed by atoms with Crippen molar-refractivity contribution in [3.8, 4) is 0 Å². The van der Waals surface area contributed by atoms with E-state index in [-0.39, 0.29) is 24.3 Å². The fourth-order valence-electron chi connectivity index (χ4n) is 2.34. The summed E-state index contributed by atoms with van der Waals surface area (Å²) >= 11 is 0. The van der Waals surface area contributed by atoms with Gasteiger partial charge in [-0.2, -0.15) is 0 Å². The van der Waals surface area contributed by atoms with Crippen LogP contribution in [-0.4, -0.2) is 43.3 Å². The zero-order valence-electron chi connectivity index (χ0n) is 15.4. The lowest BCUT2D eigenvalue weighted by molar-refractivity contribution is -0.115. The molecule has 0 aliphatic carbocycles. The molecular weight excluding hydrogens is 330 g/mol. The Morgan fingerprint density at radius 2 is 1.65 bits per heavy atom. The van der Waals surface area contributed by atoms with Crippen LogP contribution in [0.25, 0.3) is 0 Å². The molecule has 3 amide bonds. The Morgan fingerprint density at radius 3 is 2.31 bits per heavy atom. The van der Waals surface area contributed by atoms with Crippen LogP contribution in [0.3, 0.4) is 0 Å². The first kappa shape index (κ1) is 19.2.